The summed E-state index contributed by atoms with van der Waals surface area (Å²) >= 11 is 0. The van der Waals surface area contributed by atoms with Crippen LogP contribution in [0.3, 0.4) is 0 Å². The molecule has 3 rings (SSSR count). The van der Waals surface area contributed by atoms with Gasteiger partial charge in [0.1, 0.15) is 12.5 Å². The number of nitrogens with one attached hydrogen (secondary N) is 2. The number of aliphatic hydroxyl groups is 2. The van der Waals surface area contributed by atoms with Gasteiger partial charge < -0.3 is 31.5 Å². The third-order valence-corrected chi connectivity index (χ3v) is 4.70. The van der Waals surface area contributed by atoms with Gasteiger partial charge in [-0.2, -0.15) is 0 Å². The molecule has 9 nitrogen and oxygen atoms in total. The summed E-state index contributed by atoms with van der Waals surface area (Å²) in [6.07, 6.45) is -0.361. The second-order valence-electron chi connectivity index (χ2n) is 6.51. The summed E-state index contributed by atoms with van der Waals surface area (Å²) < 4.78 is 1.28. The predicted octanol–water partition coefficient (Wildman–Crippen LogP) is 0.291. The molecule has 9 heteroatoms. The number of hydrogen-bond donors (Lipinski definition) is 7. The lowest BCUT2D eigenvalue weighted by molar-refractivity contribution is -0.118. The van der Waals surface area contributed by atoms with Crippen molar-refractivity contribution < 1.29 is 25.2 Å². The normalized spacial score (nSPS) is 23.2. The molecule has 1 fully saturated rings. The summed E-state index contributed by atoms with van der Waals surface area (Å²) in [5.74, 6) is -0.698. The highest BCUT2D eigenvalue weighted by Gasteiger charge is 2.33. The third-order valence-electron chi connectivity index (χ3n) is 4.70. The van der Waals surface area contributed by atoms with Gasteiger partial charge in [0.2, 0.25) is 17.7 Å². The standard InChI is InChI=1S/C17H24N4O5/c18-12(22)5-2-8-19-10-4-1-3-9-14(10)17(26)21(16(9)25)11-6-7-13(23)20-15(11)24/h1,3-4,11,13,15,19-20,23-26H,2,5-8H2,(H2,18,22). The number of anilines is 1. The monoisotopic (exact) mass is 364 g/mol. The van der Waals surface area contributed by atoms with E-state index in [4.69, 9.17) is 5.73 Å². The van der Waals surface area contributed by atoms with Crippen molar-refractivity contribution in [3.8, 4) is 11.8 Å². The van der Waals surface area contributed by atoms with Crippen LogP contribution >= 0.6 is 0 Å². The van der Waals surface area contributed by atoms with Gasteiger partial charge in [0, 0.05) is 24.0 Å². The van der Waals surface area contributed by atoms with Crippen LogP contribution < -0.4 is 16.4 Å². The number of carbonyl (C=O) groups is 1. The lowest BCUT2D eigenvalue weighted by Crippen LogP contribution is -2.47. The minimum absolute atomic E-state index is 0.152. The molecule has 3 unspecified atom stereocenters. The second kappa shape index (κ2) is 7.40. The lowest BCUT2D eigenvalue weighted by atomic mass is 10.0. The average Bonchev–Trinajstić information content (AvgIpc) is 2.84. The van der Waals surface area contributed by atoms with Crippen molar-refractivity contribution in [2.45, 2.75) is 44.2 Å². The van der Waals surface area contributed by atoms with Crippen LogP contribution in [0.15, 0.2) is 18.2 Å². The smallest absolute Gasteiger partial charge is 0.217 e. The molecule has 2 aromatic rings. The number of piperidine rings is 1. The maximum Gasteiger partial charge on any atom is 0.217 e. The first-order valence-corrected chi connectivity index (χ1v) is 8.59. The molecular formula is C17H24N4O5. The van der Waals surface area contributed by atoms with Crippen molar-refractivity contribution in [1.82, 2.24) is 9.88 Å². The number of benzene rings is 1. The molecule has 0 aliphatic carbocycles. The summed E-state index contributed by atoms with van der Waals surface area (Å²) in [7, 11) is 0. The molecule has 1 aromatic heterocycles. The van der Waals surface area contributed by atoms with E-state index in [1.807, 2.05) is 0 Å². The number of aromatic hydroxyl groups is 2. The van der Waals surface area contributed by atoms with Gasteiger partial charge in [-0.3, -0.25) is 14.7 Å². The summed E-state index contributed by atoms with van der Waals surface area (Å²) in [6, 6.07) is 4.55. The van der Waals surface area contributed by atoms with Crippen molar-refractivity contribution in [2.24, 2.45) is 5.73 Å². The number of rotatable bonds is 6. The number of primary amides is 1. The first-order chi connectivity index (χ1) is 12.4. The summed E-state index contributed by atoms with van der Waals surface area (Å²) in [4.78, 5) is 10.8. The fourth-order valence-corrected chi connectivity index (χ4v) is 3.43. The Balaban J connectivity index is 1.92. The van der Waals surface area contributed by atoms with E-state index in [0.29, 0.717) is 42.3 Å². The minimum atomic E-state index is -1.11. The Kier molecular flexibility index (Phi) is 5.21. The SMILES string of the molecule is NC(=O)CCCNc1cccc2c(O)n(C3CCC(O)NC3O)c(O)c12. The van der Waals surface area contributed by atoms with Gasteiger partial charge in [-0.05, 0) is 31.4 Å². The molecule has 1 saturated heterocycles. The summed E-state index contributed by atoms with van der Waals surface area (Å²) in [5, 5.41) is 47.7. The number of amides is 1. The van der Waals surface area contributed by atoms with E-state index in [-0.39, 0.29) is 24.1 Å². The Morgan fingerprint density at radius 1 is 1.27 bits per heavy atom. The topological polar surface area (TPSA) is 153 Å². The van der Waals surface area contributed by atoms with Crippen LogP contribution in [0.25, 0.3) is 10.8 Å². The van der Waals surface area contributed by atoms with Crippen molar-refractivity contribution >= 4 is 22.4 Å². The van der Waals surface area contributed by atoms with Gasteiger partial charge in [0.05, 0.1) is 11.4 Å². The number of carbonyl (C=O) groups excluding carboxylic acids is 1. The summed E-state index contributed by atoms with van der Waals surface area (Å²) in [6.45, 7) is 0.479. The van der Waals surface area contributed by atoms with Crippen LogP contribution in [0, 0.1) is 0 Å². The zero-order chi connectivity index (χ0) is 18.8. The highest BCUT2D eigenvalue weighted by Crippen LogP contribution is 2.44. The third kappa shape index (κ3) is 3.41. The molecular weight excluding hydrogens is 340 g/mol. The average molecular weight is 364 g/mol. The van der Waals surface area contributed by atoms with Crippen molar-refractivity contribution in [3.05, 3.63) is 18.2 Å². The fraction of sp³-hybridized carbons (Fsp3) is 0.471. The first-order valence-electron chi connectivity index (χ1n) is 8.59. The molecule has 0 saturated carbocycles. The Morgan fingerprint density at radius 3 is 2.73 bits per heavy atom. The van der Waals surface area contributed by atoms with Gasteiger partial charge in [-0.1, -0.05) is 6.07 Å². The molecule has 0 bridgehead atoms. The van der Waals surface area contributed by atoms with E-state index < -0.39 is 18.5 Å². The van der Waals surface area contributed by atoms with Crippen molar-refractivity contribution in [1.29, 1.82) is 0 Å². The van der Waals surface area contributed by atoms with E-state index in [1.54, 1.807) is 18.2 Å². The molecule has 1 amide bonds. The maximum atomic E-state index is 10.8. The van der Waals surface area contributed by atoms with Crippen LogP contribution in [0.1, 0.15) is 31.7 Å². The van der Waals surface area contributed by atoms with E-state index >= 15 is 0 Å². The molecule has 142 valence electrons. The first kappa shape index (κ1) is 18.3. The number of aromatic nitrogens is 1. The quantitative estimate of drug-likeness (QED) is 0.364. The van der Waals surface area contributed by atoms with Gasteiger partial charge in [0.25, 0.3) is 0 Å². The Morgan fingerprint density at radius 2 is 2.04 bits per heavy atom. The lowest BCUT2D eigenvalue weighted by Gasteiger charge is -2.33. The van der Waals surface area contributed by atoms with E-state index in [1.165, 1.54) is 4.57 Å². The van der Waals surface area contributed by atoms with Crippen LogP contribution in [0.5, 0.6) is 11.8 Å². The largest absolute Gasteiger partial charge is 0.494 e. The molecule has 0 radical (unpaired) electrons. The zero-order valence-corrected chi connectivity index (χ0v) is 14.2. The number of nitrogens with two attached hydrogens (primary N) is 1. The number of nitrogens with zero attached hydrogens (tertiary/aromatic N) is 1. The maximum absolute atomic E-state index is 10.8. The molecule has 26 heavy (non-hydrogen) atoms. The predicted molar refractivity (Wildman–Crippen MR) is 95.6 cm³/mol. The molecule has 1 aliphatic heterocycles. The number of aliphatic hydroxyl groups excluding tert-OH is 2. The Labute approximate surface area is 150 Å². The van der Waals surface area contributed by atoms with Crippen LogP contribution in [-0.4, -0.2) is 49.9 Å². The van der Waals surface area contributed by atoms with Gasteiger partial charge in [-0.15, -0.1) is 0 Å². The molecule has 1 aliphatic rings. The Hall–Kier alpha value is -2.49. The van der Waals surface area contributed by atoms with Crippen molar-refractivity contribution in [2.75, 3.05) is 11.9 Å². The number of hydrogen-bond acceptors (Lipinski definition) is 7. The second-order valence-corrected chi connectivity index (χ2v) is 6.51. The molecule has 0 spiro atoms. The van der Waals surface area contributed by atoms with E-state index in [2.05, 4.69) is 10.6 Å². The van der Waals surface area contributed by atoms with Gasteiger partial charge in [-0.25, -0.2) is 0 Å². The number of fused-ring (bicyclic) bond motifs is 1. The van der Waals surface area contributed by atoms with Crippen LogP contribution in [-0.2, 0) is 4.79 Å². The van der Waals surface area contributed by atoms with Gasteiger partial charge >= 0.3 is 0 Å². The minimum Gasteiger partial charge on any atom is -0.494 e. The zero-order valence-electron chi connectivity index (χ0n) is 14.2. The molecule has 2 heterocycles. The molecule has 1 aromatic carbocycles. The molecule has 8 N–H and O–H groups in total. The van der Waals surface area contributed by atoms with E-state index in [0.717, 1.165) is 0 Å². The van der Waals surface area contributed by atoms with Crippen LogP contribution in [0.4, 0.5) is 5.69 Å². The van der Waals surface area contributed by atoms with E-state index in [9.17, 15) is 25.2 Å². The Bertz CT molecular complexity index is 806. The highest BCUT2D eigenvalue weighted by molar-refractivity contribution is 6.02. The van der Waals surface area contributed by atoms with Crippen molar-refractivity contribution in [3.63, 3.8) is 0 Å². The summed E-state index contributed by atoms with van der Waals surface area (Å²) in [5.41, 5.74) is 5.73. The molecule has 3 atom stereocenters. The van der Waals surface area contributed by atoms with Gasteiger partial charge in [0.15, 0.2) is 0 Å². The van der Waals surface area contributed by atoms with Crippen LogP contribution in [0.2, 0.25) is 0 Å². The fourth-order valence-electron chi connectivity index (χ4n) is 3.43. The highest BCUT2D eigenvalue weighted by atomic mass is 16.3.